The molecule has 0 radical (unpaired) electrons. The molecule has 2 fully saturated rings. The standard InChI is InChI=1S/C22H25NO8/c1-12-9-15(24)18-19(23-31-20(18)22(12)29-7-8-30-22)17-14(21-27-5-4-6-28-21)10-13(25-2)11-16(17)26-3/h9-11,18,20-21H,4-8H2,1-3H3/t18-,20+/m1/s1. The van der Waals surface area contributed by atoms with E-state index in [1.165, 1.54) is 0 Å². The minimum atomic E-state index is -1.12. The SMILES string of the molecule is COc1cc(OC)c(C2=NO[C@H]3[C@@H]2C(=O)C=C(C)C32OCCO2)c(C2OCCCO2)c1. The molecule has 2 atom stereocenters. The summed E-state index contributed by atoms with van der Waals surface area (Å²) in [6, 6.07) is 3.56. The third-order valence-corrected chi connectivity index (χ3v) is 6.07. The van der Waals surface area contributed by atoms with Gasteiger partial charge in [0.2, 0.25) is 11.9 Å². The molecule has 0 N–H and O–H groups in total. The molecule has 166 valence electrons. The van der Waals surface area contributed by atoms with Gasteiger partial charge in [-0.05, 0) is 31.1 Å². The number of hydrogen-bond acceptors (Lipinski definition) is 9. The van der Waals surface area contributed by atoms with Crippen LogP contribution >= 0.6 is 0 Å². The molecule has 0 saturated carbocycles. The fraction of sp³-hybridized carbons (Fsp3) is 0.545. The Morgan fingerprint density at radius 1 is 1.06 bits per heavy atom. The van der Waals surface area contributed by atoms with Crippen molar-refractivity contribution < 1.29 is 38.1 Å². The lowest BCUT2D eigenvalue weighted by molar-refractivity contribution is -0.213. The summed E-state index contributed by atoms with van der Waals surface area (Å²) >= 11 is 0. The van der Waals surface area contributed by atoms with E-state index in [4.69, 9.17) is 33.3 Å². The van der Waals surface area contributed by atoms with E-state index in [9.17, 15) is 4.79 Å². The number of allylic oxidation sites excluding steroid dienone is 1. The predicted molar refractivity (Wildman–Crippen MR) is 107 cm³/mol. The second kappa shape index (κ2) is 7.90. The minimum absolute atomic E-state index is 0.127. The maximum absolute atomic E-state index is 13.1. The number of ether oxygens (including phenoxy) is 6. The number of rotatable bonds is 4. The summed E-state index contributed by atoms with van der Waals surface area (Å²) in [4.78, 5) is 19.0. The topological polar surface area (TPSA) is 94.0 Å². The average Bonchev–Trinajstić information content (AvgIpc) is 3.46. The molecule has 1 spiro atoms. The van der Waals surface area contributed by atoms with Gasteiger partial charge in [-0.15, -0.1) is 0 Å². The molecular formula is C22H25NO8. The third-order valence-electron chi connectivity index (χ3n) is 6.07. The summed E-state index contributed by atoms with van der Waals surface area (Å²) in [5, 5.41) is 4.34. The van der Waals surface area contributed by atoms with Crippen LogP contribution in [0.4, 0.5) is 0 Å². The predicted octanol–water partition coefficient (Wildman–Crippen LogP) is 2.13. The average molecular weight is 431 g/mol. The van der Waals surface area contributed by atoms with E-state index in [0.29, 0.717) is 60.3 Å². The number of hydrogen-bond donors (Lipinski definition) is 0. The lowest BCUT2D eigenvalue weighted by Gasteiger charge is -2.37. The smallest absolute Gasteiger partial charge is 0.233 e. The van der Waals surface area contributed by atoms with Crippen LogP contribution in [-0.2, 0) is 28.6 Å². The van der Waals surface area contributed by atoms with E-state index in [-0.39, 0.29) is 5.78 Å². The number of oxime groups is 1. The van der Waals surface area contributed by atoms with E-state index in [1.54, 1.807) is 26.4 Å². The summed E-state index contributed by atoms with van der Waals surface area (Å²) in [7, 11) is 3.12. The Morgan fingerprint density at radius 3 is 2.48 bits per heavy atom. The van der Waals surface area contributed by atoms with Crippen LogP contribution in [0.25, 0.3) is 0 Å². The molecule has 9 nitrogen and oxygen atoms in total. The molecule has 4 aliphatic rings. The van der Waals surface area contributed by atoms with Gasteiger partial charge in [-0.3, -0.25) is 4.79 Å². The summed E-state index contributed by atoms with van der Waals surface area (Å²) in [5.74, 6) is -0.906. The molecule has 0 amide bonds. The van der Waals surface area contributed by atoms with Crippen molar-refractivity contribution in [3.63, 3.8) is 0 Å². The van der Waals surface area contributed by atoms with Gasteiger partial charge < -0.3 is 33.3 Å². The third kappa shape index (κ3) is 3.15. The van der Waals surface area contributed by atoms with Crippen LogP contribution < -0.4 is 9.47 Å². The van der Waals surface area contributed by atoms with Crippen molar-refractivity contribution in [2.24, 2.45) is 11.1 Å². The minimum Gasteiger partial charge on any atom is -0.497 e. The van der Waals surface area contributed by atoms with Crippen molar-refractivity contribution in [1.82, 2.24) is 0 Å². The fourth-order valence-corrected chi connectivity index (χ4v) is 4.61. The molecule has 1 aromatic rings. The Balaban J connectivity index is 1.62. The van der Waals surface area contributed by atoms with Crippen molar-refractivity contribution in [2.45, 2.75) is 31.5 Å². The molecule has 0 bridgehead atoms. The Hall–Kier alpha value is -2.46. The highest BCUT2D eigenvalue weighted by molar-refractivity contribution is 6.20. The van der Waals surface area contributed by atoms with Gasteiger partial charge in [0, 0.05) is 11.6 Å². The number of benzene rings is 1. The Morgan fingerprint density at radius 2 is 1.81 bits per heavy atom. The van der Waals surface area contributed by atoms with Crippen LogP contribution in [0.15, 0.2) is 28.9 Å². The quantitative estimate of drug-likeness (QED) is 0.716. The number of methoxy groups -OCH3 is 2. The number of nitrogens with zero attached hydrogens (tertiary/aromatic N) is 1. The van der Waals surface area contributed by atoms with Gasteiger partial charge in [0.15, 0.2) is 12.1 Å². The van der Waals surface area contributed by atoms with Crippen LogP contribution in [0.1, 0.15) is 30.8 Å². The highest BCUT2D eigenvalue weighted by Crippen LogP contribution is 2.46. The van der Waals surface area contributed by atoms with Gasteiger partial charge >= 0.3 is 0 Å². The van der Waals surface area contributed by atoms with Crippen LogP contribution in [0.3, 0.4) is 0 Å². The zero-order valence-electron chi connectivity index (χ0n) is 17.7. The van der Waals surface area contributed by atoms with Gasteiger partial charge in [0.05, 0.1) is 46.2 Å². The van der Waals surface area contributed by atoms with Crippen molar-refractivity contribution in [2.75, 3.05) is 40.6 Å². The van der Waals surface area contributed by atoms with Gasteiger partial charge in [0.1, 0.15) is 23.1 Å². The summed E-state index contributed by atoms with van der Waals surface area (Å²) in [6.07, 6.45) is 0.996. The van der Waals surface area contributed by atoms with Gasteiger partial charge in [-0.1, -0.05) is 5.16 Å². The second-order valence-corrected chi connectivity index (χ2v) is 7.80. The van der Waals surface area contributed by atoms with E-state index in [0.717, 1.165) is 6.42 Å². The first kappa shape index (κ1) is 20.4. The van der Waals surface area contributed by atoms with Crippen molar-refractivity contribution in [3.05, 3.63) is 34.9 Å². The molecule has 1 aliphatic carbocycles. The molecule has 0 aromatic heterocycles. The molecule has 9 heteroatoms. The molecular weight excluding hydrogens is 406 g/mol. The highest BCUT2D eigenvalue weighted by atomic mass is 16.8. The maximum Gasteiger partial charge on any atom is 0.233 e. The number of carbonyl (C=O) groups excluding carboxylic acids is 1. The van der Waals surface area contributed by atoms with Crippen LogP contribution in [0.5, 0.6) is 11.5 Å². The first-order valence-electron chi connectivity index (χ1n) is 10.3. The Kier molecular flexibility index (Phi) is 5.21. The zero-order valence-corrected chi connectivity index (χ0v) is 17.7. The van der Waals surface area contributed by atoms with Crippen LogP contribution in [-0.4, -0.2) is 64.0 Å². The maximum atomic E-state index is 13.1. The zero-order chi connectivity index (χ0) is 21.6. The molecule has 2 saturated heterocycles. The van der Waals surface area contributed by atoms with E-state index < -0.39 is 24.1 Å². The lowest BCUT2D eigenvalue weighted by Crippen LogP contribution is -2.54. The van der Waals surface area contributed by atoms with Gasteiger partial charge in [-0.2, -0.15) is 0 Å². The molecule has 1 aromatic carbocycles. The number of ketones is 1. The van der Waals surface area contributed by atoms with E-state index in [1.807, 2.05) is 13.0 Å². The van der Waals surface area contributed by atoms with Crippen molar-refractivity contribution >= 4 is 11.5 Å². The van der Waals surface area contributed by atoms with Crippen LogP contribution in [0.2, 0.25) is 0 Å². The van der Waals surface area contributed by atoms with Gasteiger partial charge in [-0.25, -0.2) is 0 Å². The molecule has 5 rings (SSSR count). The molecule has 31 heavy (non-hydrogen) atoms. The Bertz CT molecular complexity index is 943. The number of fused-ring (bicyclic) bond motifs is 2. The van der Waals surface area contributed by atoms with Crippen LogP contribution in [0, 0.1) is 5.92 Å². The van der Waals surface area contributed by atoms with Crippen molar-refractivity contribution in [3.8, 4) is 11.5 Å². The van der Waals surface area contributed by atoms with E-state index in [2.05, 4.69) is 5.16 Å². The molecule has 0 unspecified atom stereocenters. The van der Waals surface area contributed by atoms with Gasteiger partial charge in [0.25, 0.3) is 0 Å². The van der Waals surface area contributed by atoms with E-state index >= 15 is 0 Å². The first-order chi connectivity index (χ1) is 15.1. The van der Waals surface area contributed by atoms with Crippen molar-refractivity contribution in [1.29, 1.82) is 0 Å². The summed E-state index contributed by atoms with van der Waals surface area (Å²) in [5.41, 5.74) is 2.37. The normalized spacial score (nSPS) is 27.5. The molecule has 3 heterocycles. The Labute approximate surface area is 179 Å². The first-order valence-corrected chi connectivity index (χ1v) is 10.3. The monoisotopic (exact) mass is 431 g/mol. The summed E-state index contributed by atoms with van der Waals surface area (Å²) < 4.78 is 34.7. The number of carbonyl (C=O) groups is 1. The largest absolute Gasteiger partial charge is 0.497 e. The lowest BCUT2D eigenvalue weighted by atomic mass is 9.77. The highest BCUT2D eigenvalue weighted by Gasteiger charge is 2.60. The second-order valence-electron chi connectivity index (χ2n) is 7.80. The summed E-state index contributed by atoms with van der Waals surface area (Å²) in [6.45, 7) is 3.77. The molecule has 3 aliphatic heterocycles. The fourth-order valence-electron chi connectivity index (χ4n) is 4.61.